The first-order valence-electron chi connectivity index (χ1n) is 4.50. The second kappa shape index (κ2) is 4.62. The van der Waals surface area contributed by atoms with Crippen molar-refractivity contribution in [1.82, 2.24) is 0 Å². The van der Waals surface area contributed by atoms with Gasteiger partial charge in [0.1, 0.15) is 0 Å². The van der Waals surface area contributed by atoms with Gasteiger partial charge in [-0.2, -0.15) is 0 Å². The minimum Gasteiger partial charge on any atom is -0.505 e. The summed E-state index contributed by atoms with van der Waals surface area (Å²) >= 11 is 5.49. The molecule has 14 heavy (non-hydrogen) atoms. The molecule has 78 valence electrons. The van der Waals surface area contributed by atoms with Gasteiger partial charge in [0.25, 0.3) is 0 Å². The molecule has 0 radical (unpaired) electrons. The Morgan fingerprint density at radius 1 is 1.57 bits per heavy atom. The first kappa shape index (κ1) is 11.3. The van der Waals surface area contributed by atoms with Gasteiger partial charge in [-0.25, -0.2) is 4.39 Å². The van der Waals surface area contributed by atoms with Crippen LogP contribution in [0.2, 0.25) is 5.02 Å². The molecule has 3 N–H and O–H groups in total. The van der Waals surface area contributed by atoms with Crippen LogP contribution in [-0.2, 0) is 0 Å². The Hall–Kier alpha value is -0.800. The number of phenolic OH excluding ortho intramolecular Hbond substituents is 1. The Morgan fingerprint density at radius 2 is 2.21 bits per heavy atom. The quantitative estimate of drug-likeness (QED) is 0.818. The average molecular weight is 218 g/mol. The Bertz CT molecular complexity index is 330. The van der Waals surface area contributed by atoms with Crippen LogP contribution in [0.5, 0.6) is 5.75 Å². The van der Waals surface area contributed by atoms with Crippen LogP contribution in [0.3, 0.4) is 0 Å². The fourth-order valence-corrected chi connectivity index (χ4v) is 1.47. The van der Waals surface area contributed by atoms with Gasteiger partial charge in [-0.15, -0.1) is 0 Å². The molecule has 0 amide bonds. The first-order chi connectivity index (χ1) is 6.57. The molecule has 0 unspecified atom stereocenters. The number of nitrogens with two attached hydrogens (primary N) is 1. The molecule has 0 saturated carbocycles. The van der Waals surface area contributed by atoms with Gasteiger partial charge >= 0.3 is 0 Å². The fraction of sp³-hybridized carbons (Fsp3) is 0.400. The zero-order valence-electron chi connectivity index (χ0n) is 7.93. The summed E-state index contributed by atoms with van der Waals surface area (Å²) in [7, 11) is 0. The minimum absolute atomic E-state index is 0.0880. The van der Waals surface area contributed by atoms with Crippen molar-refractivity contribution in [3.8, 4) is 5.75 Å². The van der Waals surface area contributed by atoms with Crippen molar-refractivity contribution in [2.75, 3.05) is 0 Å². The second-order valence-corrected chi connectivity index (χ2v) is 3.60. The molecule has 4 heteroatoms. The molecule has 0 aliphatic carbocycles. The van der Waals surface area contributed by atoms with Crippen molar-refractivity contribution >= 4 is 11.6 Å². The van der Waals surface area contributed by atoms with E-state index in [1.807, 2.05) is 6.92 Å². The van der Waals surface area contributed by atoms with Crippen molar-refractivity contribution in [2.24, 2.45) is 5.73 Å². The van der Waals surface area contributed by atoms with Crippen molar-refractivity contribution in [1.29, 1.82) is 0 Å². The molecular formula is C10H13ClFNO. The predicted octanol–water partition coefficient (Wildman–Crippen LogP) is 2.98. The average Bonchev–Trinajstić information content (AvgIpc) is 2.15. The third-order valence-electron chi connectivity index (χ3n) is 2.10. The van der Waals surface area contributed by atoms with Crippen LogP contribution >= 0.6 is 11.6 Å². The highest BCUT2D eigenvalue weighted by molar-refractivity contribution is 6.30. The molecule has 0 spiro atoms. The van der Waals surface area contributed by atoms with Crippen LogP contribution in [0.15, 0.2) is 12.1 Å². The number of hydrogen-bond donors (Lipinski definition) is 2. The predicted molar refractivity (Wildman–Crippen MR) is 54.9 cm³/mol. The van der Waals surface area contributed by atoms with Crippen molar-refractivity contribution in [2.45, 2.75) is 25.8 Å². The number of halogens is 2. The van der Waals surface area contributed by atoms with Crippen molar-refractivity contribution < 1.29 is 9.50 Å². The lowest BCUT2D eigenvalue weighted by molar-refractivity contribution is 0.418. The monoisotopic (exact) mass is 217 g/mol. The third-order valence-corrected chi connectivity index (χ3v) is 2.39. The van der Waals surface area contributed by atoms with Crippen LogP contribution in [0.25, 0.3) is 0 Å². The van der Waals surface area contributed by atoms with E-state index in [0.717, 1.165) is 6.42 Å². The molecule has 0 aliphatic rings. The highest BCUT2D eigenvalue weighted by Gasteiger charge is 2.15. The van der Waals surface area contributed by atoms with Crippen LogP contribution in [0.1, 0.15) is 31.4 Å². The smallest absolute Gasteiger partial charge is 0.183 e. The van der Waals surface area contributed by atoms with Gasteiger partial charge in [0, 0.05) is 11.6 Å². The van der Waals surface area contributed by atoms with E-state index in [-0.39, 0.29) is 11.1 Å². The minimum atomic E-state index is -0.796. The lowest BCUT2D eigenvalue weighted by Gasteiger charge is -2.13. The molecule has 0 heterocycles. The van der Waals surface area contributed by atoms with Gasteiger partial charge in [-0.3, -0.25) is 0 Å². The molecule has 0 saturated heterocycles. The van der Waals surface area contributed by atoms with Gasteiger partial charge in [0.2, 0.25) is 0 Å². The zero-order chi connectivity index (χ0) is 10.7. The highest BCUT2D eigenvalue weighted by Crippen LogP contribution is 2.32. The van der Waals surface area contributed by atoms with E-state index in [4.69, 9.17) is 17.3 Å². The summed E-state index contributed by atoms with van der Waals surface area (Å²) in [4.78, 5) is 0. The Morgan fingerprint density at radius 3 is 2.79 bits per heavy atom. The number of phenols is 1. The van der Waals surface area contributed by atoms with Crippen molar-refractivity contribution in [3.05, 3.63) is 28.5 Å². The SMILES string of the molecule is CCC[C@@H](N)c1ccc(Cl)c(F)c1O. The van der Waals surface area contributed by atoms with Gasteiger partial charge in [0.05, 0.1) is 5.02 Å². The van der Waals surface area contributed by atoms with Gasteiger partial charge in [-0.05, 0) is 12.5 Å². The molecule has 1 atom stereocenters. The third kappa shape index (κ3) is 2.16. The molecule has 2 nitrogen and oxygen atoms in total. The lowest BCUT2D eigenvalue weighted by atomic mass is 10.0. The van der Waals surface area contributed by atoms with E-state index in [2.05, 4.69) is 0 Å². The summed E-state index contributed by atoms with van der Waals surface area (Å²) < 4.78 is 13.2. The maximum absolute atomic E-state index is 13.2. The molecule has 1 rings (SSSR count). The van der Waals surface area contributed by atoms with Crippen LogP contribution in [0.4, 0.5) is 4.39 Å². The summed E-state index contributed by atoms with van der Waals surface area (Å²) in [6.07, 6.45) is 1.58. The van der Waals surface area contributed by atoms with E-state index in [0.29, 0.717) is 12.0 Å². The summed E-state index contributed by atoms with van der Waals surface area (Å²) in [6, 6.07) is 2.62. The maximum Gasteiger partial charge on any atom is 0.183 e. The summed E-state index contributed by atoms with van der Waals surface area (Å²) in [6.45, 7) is 1.98. The second-order valence-electron chi connectivity index (χ2n) is 3.19. The summed E-state index contributed by atoms with van der Waals surface area (Å²) in [5.41, 5.74) is 6.17. The Balaban J connectivity index is 3.04. The molecule has 0 aromatic heterocycles. The fourth-order valence-electron chi connectivity index (χ4n) is 1.32. The van der Waals surface area contributed by atoms with Gasteiger partial charge in [0.15, 0.2) is 11.6 Å². The highest BCUT2D eigenvalue weighted by atomic mass is 35.5. The summed E-state index contributed by atoms with van der Waals surface area (Å²) in [5.74, 6) is -1.23. The molecule has 0 fully saturated rings. The van der Waals surface area contributed by atoms with Crippen LogP contribution in [0, 0.1) is 5.82 Å². The van der Waals surface area contributed by atoms with Crippen LogP contribution < -0.4 is 5.73 Å². The molecule has 1 aromatic rings. The first-order valence-corrected chi connectivity index (χ1v) is 4.88. The number of benzene rings is 1. The standard InChI is InChI=1S/C10H13ClFNO/c1-2-3-8(13)6-4-5-7(11)9(12)10(6)14/h4-5,8,14H,2-3,13H2,1H3/t8-/m1/s1. The van der Waals surface area contributed by atoms with E-state index < -0.39 is 11.6 Å². The maximum atomic E-state index is 13.2. The van der Waals surface area contributed by atoms with Gasteiger partial charge in [-0.1, -0.05) is 31.0 Å². The van der Waals surface area contributed by atoms with Crippen molar-refractivity contribution in [3.63, 3.8) is 0 Å². The van der Waals surface area contributed by atoms with Gasteiger partial charge < -0.3 is 10.8 Å². The number of rotatable bonds is 3. The Kier molecular flexibility index (Phi) is 3.72. The topological polar surface area (TPSA) is 46.2 Å². The Labute approximate surface area is 87.5 Å². The molecule has 1 aromatic carbocycles. The lowest BCUT2D eigenvalue weighted by Crippen LogP contribution is -2.10. The summed E-state index contributed by atoms with van der Waals surface area (Å²) in [5, 5.41) is 9.35. The van der Waals surface area contributed by atoms with E-state index >= 15 is 0 Å². The number of hydrogen-bond acceptors (Lipinski definition) is 2. The largest absolute Gasteiger partial charge is 0.505 e. The zero-order valence-corrected chi connectivity index (χ0v) is 8.68. The van der Waals surface area contributed by atoms with E-state index in [9.17, 15) is 9.50 Å². The van der Waals surface area contributed by atoms with Crippen LogP contribution in [-0.4, -0.2) is 5.11 Å². The molecular weight excluding hydrogens is 205 g/mol. The molecule has 0 bridgehead atoms. The number of aromatic hydroxyl groups is 1. The normalized spacial score (nSPS) is 12.9. The van der Waals surface area contributed by atoms with E-state index in [1.54, 1.807) is 6.07 Å². The molecule has 0 aliphatic heterocycles. The van der Waals surface area contributed by atoms with E-state index in [1.165, 1.54) is 6.07 Å².